The fraction of sp³-hybridized carbons (Fsp3) is 0.435. The van der Waals surface area contributed by atoms with E-state index in [4.69, 9.17) is 4.74 Å². The molecule has 0 saturated heterocycles. The normalized spacial score (nSPS) is 20.2. The van der Waals surface area contributed by atoms with Crippen molar-refractivity contribution in [2.75, 3.05) is 7.11 Å². The number of hydrogen-bond donors (Lipinski definition) is 2. The highest BCUT2D eigenvalue weighted by Gasteiger charge is 2.47. The van der Waals surface area contributed by atoms with Gasteiger partial charge in [0.2, 0.25) is 5.43 Å². The molecular weight excluding hydrogens is 422 g/mol. The minimum atomic E-state index is -1.02. The van der Waals surface area contributed by atoms with Gasteiger partial charge in [-0.2, -0.15) is 0 Å². The lowest BCUT2D eigenvalue weighted by Gasteiger charge is -2.41. The minimum Gasteiger partial charge on any atom is -0.503 e. The number of ether oxygens (including phenoxy) is 1. The summed E-state index contributed by atoms with van der Waals surface area (Å²) in [4.78, 5) is 38.6. The summed E-state index contributed by atoms with van der Waals surface area (Å²) in [6, 6.07) is 3.30. The monoisotopic (exact) mass is 448 g/mol. The van der Waals surface area contributed by atoms with Crippen molar-refractivity contribution in [3.05, 3.63) is 63.1 Å². The first-order valence-corrected chi connectivity index (χ1v) is 10.4. The first kappa shape index (κ1) is 23.6. The Morgan fingerprint density at radius 2 is 1.97 bits per heavy atom. The van der Waals surface area contributed by atoms with Gasteiger partial charge in [-0.3, -0.25) is 14.4 Å². The van der Waals surface area contributed by atoms with Gasteiger partial charge in [0.25, 0.3) is 5.91 Å². The molecule has 0 radical (unpaired) electrons. The van der Waals surface area contributed by atoms with E-state index in [0.29, 0.717) is 6.42 Å². The van der Waals surface area contributed by atoms with Gasteiger partial charge in [-0.05, 0) is 25.5 Å². The third kappa shape index (κ3) is 4.04. The zero-order valence-electron chi connectivity index (χ0n) is 18.2. The standard InChI is InChI=1S/C23H26F2N2O5/c1-4-5-9-23(2)17(32-3)12-27-11-14(19(28)20(29)18(27)21(23)30)22(31)26-10-13-15(24)7-6-8-16(13)25/h6-8,11,17,29H,4-5,9-10,12H2,1-3H3,(H,26,31)/t17-,23-/m0/s1. The lowest BCUT2D eigenvalue weighted by molar-refractivity contribution is -0.0190. The van der Waals surface area contributed by atoms with E-state index in [-0.39, 0.29) is 17.8 Å². The number of hydrogen-bond acceptors (Lipinski definition) is 5. The number of rotatable bonds is 7. The van der Waals surface area contributed by atoms with E-state index in [1.54, 1.807) is 6.92 Å². The Bertz CT molecular complexity index is 1090. The Balaban J connectivity index is 1.95. The number of aromatic nitrogens is 1. The topological polar surface area (TPSA) is 97.6 Å². The summed E-state index contributed by atoms with van der Waals surface area (Å²) in [7, 11) is 1.48. The van der Waals surface area contributed by atoms with Crippen LogP contribution in [0.4, 0.5) is 8.78 Å². The van der Waals surface area contributed by atoms with Crippen molar-refractivity contribution >= 4 is 11.7 Å². The molecule has 2 atom stereocenters. The van der Waals surface area contributed by atoms with E-state index in [2.05, 4.69) is 5.32 Å². The van der Waals surface area contributed by atoms with Gasteiger partial charge in [0.15, 0.2) is 11.5 Å². The number of carbonyl (C=O) groups excluding carboxylic acids is 2. The number of fused-ring (bicyclic) bond motifs is 1. The van der Waals surface area contributed by atoms with Crippen LogP contribution < -0.4 is 10.7 Å². The van der Waals surface area contributed by atoms with Crippen LogP contribution in [0.3, 0.4) is 0 Å². The number of carbonyl (C=O) groups is 2. The maximum absolute atomic E-state index is 13.8. The average molecular weight is 448 g/mol. The summed E-state index contributed by atoms with van der Waals surface area (Å²) in [5.41, 5.74) is -2.92. The number of aromatic hydroxyl groups is 1. The molecule has 2 aromatic rings. The second-order valence-electron chi connectivity index (χ2n) is 8.18. The molecule has 2 heterocycles. The van der Waals surface area contributed by atoms with Crippen LogP contribution in [0.15, 0.2) is 29.2 Å². The Kier molecular flexibility index (Phi) is 6.78. The van der Waals surface area contributed by atoms with Crippen molar-refractivity contribution < 1.29 is 28.2 Å². The van der Waals surface area contributed by atoms with Crippen LogP contribution in [-0.2, 0) is 17.8 Å². The molecule has 0 fully saturated rings. The Morgan fingerprint density at radius 1 is 1.31 bits per heavy atom. The largest absolute Gasteiger partial charge is 0.503 e. The van der Waals surface area contributed by atoms with Crippen molar-refractivity contribution in [2.24, 2.45) is 5.41 Å². The van der Waals surface area contributed by atoms with Crippen molar-refractivity contribution in [2.45, 2.75) is 52.3 Å². The van der Waals surface area contributed by atoms with Crippen molar-refractivity contribution in [1.29, 1.82) is 0 Å². The minimum absolute atomic E-state index is 0.147. The maximum atomic E-state index is 13.8. The molecule has 1 amide bonds. The summed E-state index contributed by atoms with van der Waals surface area (Å²) in [6.07, 6.45) is 2.79. The van der Waals surface area contributed by atoms with E-state index in [0.717, 1.165) is 25.0 Å². The van der Waals surface area contributed by atoms with Crippen LogP contribution in [-0.4, -0.2) is 34.6 Å². The van der Waals surface area contributed by atoms with Gasteiger partial charge < -0.3 is 19.7 Å². The second kappa shape index (κ2) is 9.20. The Morgan fingerprint density at radius 3 is 2.56 bits per heavy atom. The van der Waals surface area contributed by atoms with Gasteiger partial charge >= 0.3 is 0 Å². The maximum Gasteiger partial charge on any atom is 0.257 e. The number of unbranched alkanes of at least 4 members (excludes halogenated alkanes) is 1. The Labute approximate surface area is 184 Å². The van der Waals surface area contributed by atoms with Crippen LogP contribution in [0.1, 0.15) is 59.5 Å². The number of amides is 1. The highest BCUT2D eigenvalue weighted by molar-refractivity contribution is 6.03. The van der Waals surface area contributed by atoms with Gasteiger partial charge in [0, 0.05) is 25.4 Å². The molecule has 0 unspecified atom stereocenters. The molecule has 172 valence electrons. The summed E-state index contributed by atoms with van der Waals surface area (Å²) < 4.78 is 34.5. The summed E-state index contributed by atoms with van der Waals surface area (Å²) in [5, 5.41) is 12.8. The molecule has 3 rings (SSSR count). The first-order valence-electron chi connectivity index (χ1n) is 10.4. The Hall–Kier alpha value is -3.07. The molecule has 9 heteroatoms. The molecule has 0 saturated carbocycles. The molecular formula is C23H26F2N2O5. The molecule has 0 bridgehead atoms. The first-order chi connectivity index (χ1) is 15.2. The molecule has 1 aliphatic rings. The van der Waals surface area contributed by atoms with Crippen LogP contribution in [0.5, 0.6) is 5.75 Å². The van der Waals surface area contributed by atoms with E-state index in [9.17, 15) is 28.3 Å². The number of pyridine rings is 1. The fourth-order valence-corrected chi connectivity index (χ4v) is 4.11. The average Bonchev–Trinajstić information content (AvgIpc) is 2.76. The fourth-order valence-electron chi connectivity index (χ4n) is 4.11. The predicted molar refractivity (Wildman–Crippen MR) is 113 cm³/mol. The SMILES string of the molecule is CCCC[C@]1(C)C(=O)c2c(O)c(=O)c(C(=O)NCc3c(F)cccc3F)cn2C[C@@H]1OC. The summed E-state index contributed by atoms with van der Waals surface area (Å²) in [5.74, 6) is -3.86. The van der Waals surface area contributed by atoms with Gasteiger partial charge in [0.05, 0.1) is 18.1 Å². The van der Waals surface area contributed by atoms with Crippen molar-refractivity contribution in [3.8, 4) is 5.75 Å². The quantitative estimate of drug-likeness (QED) is 0.678. The van der Waals surface area contributed by atoms with E-state index >= 15 is 0 Å². The highest BCUT2D eigenvalue weighted by Crippen LogP contribution is 2.40. The van der Waals surface area contributed by atoms with Gasteiger partial charge in [0.1, 0.15) is 22.9 Å². The van der Waals surface area contributed by atoms with Crippen molar-refractivity contribution in [3.63, 3.8) is 0 Å². The van der Waals surface area contributed by atoms with E-state index in [1.807, 2.05) is 6.92 Å². The third-order valence-electron chi connectivity index (χ3n) is 6.13. The molecule has 1 aliphatic heterocycles. The summed E-state index contributed by atoms with van der Waals surface area (Å²) >= 11 is 0. The zero-order chi connectivity index (χ0) is 23.6. The number of methoxy groups -OCH3 is 1. The van der Waals surface area contributed by atoms with Crippen LogP contribution in [0, 0.1) is 17.0 Å². The predicted octanol–water partition coefficient (Wildman–Crippen LogP) is 3.17. The molecule has 1 aromatic heterocycles. The van der Waals surface area contributed by atoms with Gasteiger partial charge in [-0.25, -0.2) is 8.78 Å². The van der Waals surface area contributed by atoms with Gasteiger partial charge in [-0.15, -0.1) is 0 Å². The molecule has 2 N–H and O–H groups in total. The molecule has 0 spiro atoms. The molecule has 32 heavy (non-hydrogen) atoms. The number of benzene rings is 1. The lowest BCUT2D eigenvalue weighted by atomic mass is 9.72. The van der Waals surface area contributed by atoms with Gasteiger partial charge in [-0.1, -0.05) is 25.8 Å². The van der Waals surface area contributed by atoms with Crippen LogP contribution >= 0.6 is 0 Å². The molecule has 1 aromatic carbocycles. The molecule has 0 aliphatic carbocycles. The van der Waals surface area contributed by atoms with Crippen LogP contribution in [0.2, 0.25) is 0 Å². The lowest BCUT2D eigenvalue weighted by Crippen LogP contribution is -2.49. The number of ketones is 1. The molecule has 7 nitrogen and oxygen atoms in total. The number of nitrogens with one attached hydrogen (secondary N) is 1. The van der Waals surface area contributed by atoms with Crippen molar-refractivity contribution in [1.82, 2.24) is 9.88 Å². The number of halogens is 2. The summed E-state index contributed by atoms with van der Waals surface area (Å²) in [6.45, 7) is 3.39. The van der Waals surface area contributed by atoms with Crippen LogP contribution in [0.25, 0.3) is 0 Å². The van der Waals surface area contributed by atoms with E-state index < -0.39 is 58.1 Å². The van der Waals surface area contributed by atoms with E-state index in [1.165, 1.54) is 23.9 Å². The number of nitrogens with zero attached hydrogens (tertiary/aromatic N) is 1. The highest BCUT2D eigenvalue weighted by atomic mass is 19.1. The number of Topliss-reactive ketones (excluding diaryl/α,β-unsaturated/α-hetero) is 1. The third-order valence-corrected chi connectivity index (χ3v) is 6.13. The second-order valence-corrected chi connectivity index (χ2v) is 8.18. The smallest absolute Gasteiger partial charge is 0.257 e. The zero-order valence-corrected chi connectivity index (χ0v) is 18.2.